The average molecular weight is 305 g/mol. The highest BCUT2D eigenvalue weighted by Gasteiger charge is 2.14. The van der Waals surface area contributed by atoms with Gasteiger partial charge in [0.15, 0.2) is 17.4 Å². The van der Waals surface area contributed by atoms with Gasteiger partial charge in [-0.2, -0.15) is 5.10 Å². The van der Waals surface area contributed by atoms with Gasteiger partial charge in [-0.3, -0.25) is 0 Å². The summed E-state index contributed by atoms with van der Waals surface area (Å²) in [5, 5.41) is 5.87. The first-order chi connectivity index (χ1) is 10.1. The molecular weight excluding hydrogens is 296 g/mol. The quantitative estimate of drug-likeness (QED) is 0.561. The van der Waals surface area contributed by atoms with Crippen LogP contribution in [-0.2, 0) is 6.42 Å². The number of halogens is 2. The Morgan fingerprint density at radius 2 is 2.05 bits per heavy atom. The van der Waals surface area contributed by atoms with Crippen LogP contribution in [0, 0.1) is 11.6 Å². The van der Waals surface area contributed by atoms with Gasteiger partial charge in [0.25, 0.3) is 0 Å². The van der Waals surface area contributed by atoms with E-state index in [4.69, 9.17) is 4.42 Å². The fourth-order valence-corrected chi connectivity index (χ4v) is 2.98. The normalized spacial score (nSPS) is 11.8. The van der Waals surface area contributed by atoms with Crippen LogP contribution in [0.4, 0.5) is 8.78 Å². The Bertz CT molecular complexity index is 899. The molecule has 0 atom stereocenters. The van der Waals surface area contributed by atoms with Crippen molar-refractivity contribution in [2.24, 2.45) is 0 Å². The third-order valence-electron chi connectivity index (χ3n) is 3.20. The van der Waals surface area contributed by atoms with Crippen LogP contribution in [-0.4, -0.2) is 14.6 Å². The van der Waals surface area contributed by atoms with Gasteiger partial charge in [-0.15, -0.1) is 0 Å². The van der Waals surface area contributed by atoms with Crippen molar-refractivity contribution < 1.29 is 13.2 Å². The van der Waals surface area contributed by atoms with Crippen molar-refractivity contribution in [3.05, 3.63) is 41.0 Å². The van der Waals surface area contributed by atoms with Crippen molar-refractivity contribution in [3.63, 3.8) is 0 Å². The summed E-state index contributed by atoms with van der Waals surface area (Å²) in [7, 11) is 0. The van der Waals surface area contributed by atoms with Crippen LogP contribution >= 0.6 is 11.3 Å². The van der Waals surface area contributed by atoms with Crippen LogP contribution in [0.5, 0.6) is 0 Å². The van der Waals surface area contributed by atoms with Crippen LogP contribution in [0.25, 0.3) is 27.4 Å². The molecule has 7 heteroatoms. The molecule has 0 unspecified atom stereocenters. The lowest BCUT2D eigenvalue weighted by Gasteiger charge is -1.90. The minimum atomic E-state index is -0.927. The van der Waals surface area contributed by atoms with Crippen LogP contribution in [0.1, 0.15) is 11.9 Å². The van der Waals surface area contributed by atoms with Gasteiger partial charge in [0.2, 0.25) is 4.96 Å². The van der Waals surface area contributed by atoms with Gasteiger partial charge in [0, 0.05) is 11.5 Å². The number of hydrogen-bond donors (Lipinski definition) is 0. The third-order valence-corrected chi connectivity index (χ3v) is 4.27. The Kier molecular flexibility index (Phi) is 2.58. The van der Waals surface area contributed by atoms with E-state index in [9.17, 15) is 8.78 Å². The maximum absolute atomic E-state index is 13.2. The summed E-state index contributed by atoms with van der Waals surface area (Å²) in [4.78, 5) is 5.19. The van der Waals surface area contributed by atoms with Gasteiger partial charge < -0.3 is 4.42 Å². The maximum Gasteiger partial charge on any atom is 0.212 e. The van der Waals surface area contributed by atoms with E-state index < -0.39 is 11.6 Å². The lowest BCUT2D eigenvalue weighted by Crippen LogP contribution is -1.83. The number of nitrogens with zero attached hydrogens (tertiary/aromatic N) is 3. The highest BCUT2D eigenvalue weighted by molar-refractivity contribution is 7.16. The number of aryl methyl sites for hydroxylation is 1. The van der Waals surface area contributed by atoms with E-state index in [0.717, 1.165) is 28.5 Å². The number of furan rings is 1. The molecule has 0 bridgehead atoms. The van der Waals surface area contributed by atoms with Crippen molar-refractivity contribution in [2.45, 2.75) is 13.3 Å². The summed E-state index contributed by atoms with van der Waals surface area (Å²) in [6.45, 7) is 2.03. The molecule has 0 aliphatic heterocycles. The lowest BCUT2D eigenvalue weighted by atomic mass is 10.2. The Balaban J connectivity index is 1.85. The molecule has 4 rings (SSSR count). The number of imidazole rings is 1. The Morgan fingerprint density at radius 1 is 1.24 bits per heavy atom. The van der Waals surface area contributed by atoms with Crippen LogP contribution in [0.3, 0.4) is 0 Å². The molecule has 4 nitrogen and oxygen atoms in total. The molecule has 4 aromatic rings. The third kappa shape index (κ3) is 1.92. The van der Waals surface area contributed by atoms with E-state index in [2.05, 4.69) is 10.1 Å². The molecule has 0 amide bonds. The molecule has 1 aromatic carbocycles. The molecular formula is C14H9F2N3OS. The summed E-state index contributed by atoms with van der Waals surface area (Å²) >= 11 is 1.50. The zero-order valence-corrected chi connectivity index (χ0v) is 11.7. The van der Waals surface area contributed by atoms with E-state index >= 15 is 0 Å². The van der Waals surface area contributed by atoms with Crippen molar-refractivity contribution in [1.82, 2.24) is 14.6 Å². The average Bonchev–Trinajstić information content (AvgIpc) is 3.10. The molecule has 21 heavy (non-hydrogen) atoms. The van der Waals surface area contributed by atoms with Crippen molar-refractivity contribution in [3.8, 4) is 11.5 Å². The molecule has 0 aliphatic rings. The fourth-order valence-electron chi connectivity index (χ4n) is 2.16. The minimum absolute atomic E-state index is 0.294. The molecule has 0 saturated heterocycles. The first-order valence-corrected chi connectivity index (χ1v) is 7.19. The summed E-state index contributed by atoms with van der Waals surface area (Å²) in [6.07, 6.45) is 2.60. The fraction of sp³-hybridized carbons (Fsp3) is 0.143. The second kappa shape index (κ2) is 4.36. The molecule has 0 saturated carbocycles. The summed E-state index contributed by atoms with van der Waals surface area (Å²) < 4.78 is 33.6. The van der Waals surface area contributed by atoms with Crippen molar-refractivity contribution >= 4 is 27.3 Å². The lowest BCUT2D eigenvalue weighted by molar-refractivity contribution is 0.507. The highest BCUT2D eigenvalue weighted by atomic mass is 32.1. The molecule has 0 fully saturated rings. The molecule has 3 aromatic heterocycles. The number of rotatable bonds is 2. The first kappa shape index (κ1) is 12.5. The monoisotopic (exact) mass is 305 g/mol. The second-order valence-electron chi connectivity index (χ2n) is 4.62. The molecule has 106 valence electrons. The summed E-state index contributed by atoms with van der Waals surface area (Å²) in [5.41, 5.74) is 0.885. The Hall–Kier alpha value is -2.28. The zero-order valence-electron chi connectivity index (χ0n) is 10.9. The number of aromatic nitrogens is 3. The minimum Gasteiger partial charge on any atom is -0.454 e. The van der Waals surface area contributed by atoms with E-state index in [1.54, 1.807) is 16.8 Å². The van der Waals surface area contributed by atoms with Gasteiger partial charge in [-0.1, -0.05) is 18.3 Å². The molecule has 0 N–H and O–H groups in total. The summed E-state index contributed by atoms with van der Waals surface area (Å²) in [5.74, 6) is -1.36. The molecule has 3 heterocycles. The molecule has 0 aliphatic carbocycles. The SMILES string of the molecule is CCc1nn2cc(-c3cc4cc(F)c(F)cc4o3)nc2s1. The van der Waals surface area contributed by atoms with Crippen LogP contribution in [0.15, 0.2) is 28.8 Å². The largest absolute Gasteiger partial charge is 0.454 e. The predicted octanol–water partition coefficient (Wildman–Crippen LogP) is 4.04. The number of benzene rings is 1. The van der Waals surface area contributed by atoms with Gasteiger partial charge >= 0.3 is 0 Å². The van der Waals surface area contributed by atoms with Gasteiger partial charge in [0.05, 0.1) is 6.20 Å². The molecule has 0 radical (unpaired) electrons. The Labute approximate surface area is 121 Å². The van der Waals surface area contributed by atoms with Gasteiger partial charge in [-0.25, -0.2) is 18.3 Å². The maximum atomic E-state index is 13.2. The topological polar surface area (TPSA) is 43.3 Å². The molecule has 0 spiro atoms. The van der Waals surface area contributed by atoms with Crippen LogP contribution in [0.2, 0.25) is 0 Å². The number of hydrogen-bond acceptors (Lipinski definition) is 4. The highest BCUT2D eigenvalue weighted by Crippen LogP contribution is 2.29. The zero-order chi connectivity index (χ0) is 14.6. The first-order valence-electron chi connectivity index (χ1n) is 6.38. The van der Waals surface area contributed by atoms with Crippen LogP contribution < -0.4 is 0 Å². The second-order valence-corrected chi connectivity index (χ2v) is 5.66. The van der Waals surface area contributed by atoms with Gasteiger partial charge in [0.1, 0.15) is 16.3 Å². The predicted molar refractivity (Wildman–Crippen MR) is 75.4 cm³/mol. The van der Waals surface area contributed by atoms with E-state index in [1.165, 1.54) is 11.3 Å². The van der Waals surface area contributed by atoms with Crippen molar-refractivity contribution in [1.29, 1.82) is 0 Å². The van der Waals surface area contributed by atoms with E-state index in [1.807, 2.05) is 6.92 Å². The summed E-state index contributed by atoms with van der Waals surface area (Å²) in [6, 6.07) is 3.80. The Morgan fingerprint density at radius 3 is 2.81 bits per heavy atom. The van der Waals surface area contributed by atoms with E-state index in [0.29, 0.717) is 22.4 Å². The van der Waals surface area contributed by atoms with E-state index in [-0.39, 0.29) is 0 Å². The standard InChI is InChI=1S/C14H9F2N3OS/c1-2-13-18-19-6-10(17-14(19)21-13)12-4-7-3-8(15)9(16)5-11(7)20-12/h3-6H,2H2,1H3. The van der Waals surface area contributed by atoms with Gasteiger partial charge in [-0.05, 0) is 18.6 Å². The smallest absolute Gasteiger partial charge is 0.212 e. The van der Waals surface area contributed by atoms with Crippen molar-refractivity contribution in [2.75, 3.05) is 0 Å². The number of fused-ring (bicyclic) bond motifs is 2.